The van der Waals surface area contributed by atoms with Crippen LogP contribution in [0.4, 0.5) is 0 Å². The molecule has 0 unspecified atom stereocenters. The van der Waals surface area contributed by atoms with Crippen molar-refractivity contribution in [1.29, 1.82) is 0 Å². The first kappa shape index (κ1) is 14.6. The summed E-state index contributed by atoms with van der Waals surface area (Å²) >= 11 is 0. The molecule has 4 nitrogen and oxygen atoms in total. The second kappa shape index (κ2) is 6.23. The van der Waals surface area contributed by atoms with Gasteiger partial charge < -0.3 is 0 Å². The number of nitrogens with zero attached hydrogens (tertiary/aromatic N) is 4. The maximum Gasteiger partial charge on any atom is 0.171 e. The van der Waals surface area contributed by atoms with E-state index in [9.17, 15) is 0 Å². The van der Waals surface area contributed by atoms with Crippen molar-refractivity contribution in [2.75, 3.05) is 41.8 Å². The van der Waals surface area contributed by atoms with Crippen molar-refractivity contribution in [1.82, 2.24) is 14.0 Å². The molecule has 0 aliphatic carbocycles. The van der Waals surface area contributed by atoms with E-state index in [1.165, 1.54) is 0 Å². The first-order valence-electron chi connectivity index (χ1n) is 4.84. The van der Waals surface area contributed by atoms with Crippen molar-refractivity contribution in [2.45, 2.75) is 0 Å². The summed E-state index contributed by atoms with van der Waals surface area (Å²) < 4.78 is 11.1. The fourth-order valence-electron chi connectivity index (χ4n) is 1.67. The van der Waals surface area contributed by atoms with Gasteiger partial charge in [0.1, 0.15) is 0 Å². The van der Waals surface area contributed by atoms with Gasteiger partial charge in [0, 0.05) is 12.7 Å². The summed E-state index contributed by atoms with van der Waals surface area (Å²) in [6.07, 6.45) is 3.52. The van der Waals surface area contributed by atoms with Crippen molar-refractivity contribution < 1.29 is 0 Å². The van der Waals surface area contributed by atoms with Crippen molar-refractivity contribution in [3.63, 3.8) is 0 Å². The van der Waals surface area contributed by atoms with E-state index in [4.69, 9.17) is 0 Å². The van der Waals surface area contributed by atoms with Gasteiger partial charge in [-0.3, -0.25) is 9.34 Å². The van der Waals surface area contributed by atoms with Crippen molar-refractivity contribution in [3.05, 3.63) is 25.4 Å². The first-order chi connectivity index (χ1) is 6.93. The topological polar surface area (TPSA) is 22.1 Å². The van der Waals surface area contributed by atoms with Gasteiger partial charge in [0.2, 0.25) is 0 Å². The largest absolute Gasteiger partial charge is 0.252 e. The number of rotatable bonds is 6. The minimum Gasteiger partial charge on any atom is -0.252 e. The Kier molecular flexibility index (Phi) is 6.06. The predicted octanol–water partition coefficient (Wildman–Crippen LogP) is 2.32. The second-order valence-corrected chi connectivity index (χ2v) is 7.25. The zero-order valence-electron chi connectivity index (χ0n) is 10.5. The van der Waals surface area contributed by atoms with Crippen LogP contribution in [0.3, 0.4) is 0 Å². The van der Waals surface area contributed by atoms with Crippen LogP contribution in [0.5, 0.6) is 0 Å². The van der Waals surface area contributed by atoms with Crippen LogP contribution in [0.1, 0.15) is 0 Å². The van der Waals surface area contributed by atoms with E-state index in [1.54, 1.807) is 6.20 Å². The molecule has 0 radical (unpaired) electrons. The number of hydrogen-bond acceptors (Lipinski definition) is 1. The molecule has 0 aliphatic rings. The Bertz CT molecular complexity index is 259. The maximum atomic E-state index is 4.58. The van der Waals surface area contributed by atoms with E-state index < -0.39 is 7.51 Å². The van der Waals surface area contributed by atoms with Gasteiger partial charge in [-0.25, -0.2) is 9.42 Å². The summed E-state index contributed by atoms with van der Waals surface area (Å²) in [5.74, 6) is 0. The average molecular weight is 230 g/mol. The van der Waals surface area contributed by atoms with Gasteiger partial charge in [0.25, 0.3) is 0 Å². The van der Waals surface area contributed by atoms with E-state index in [-0.39, 0.29) is 0 Å². The fraction of sp³-hybridized carbons (Fsp3) is 0.600. The molecule has 15 heavy (non-hydrogen) atoms. The first-order valence-corrected chi connectivity index (χ1v) is 6.44. The Hall–Kier alpha value is -0.410. The molecule has 0 aromatic heterocycles. The van der Waals surface area contributed by atoms with Crippen LogP contribution in [0.15, 0.2) is 30.2 Å². The van der Waals surface area contributed by atoms with Crippen LogP contribution in [-0.4, -0.2) is 55.8 Å². The van der Waals surface area contributed by atoms with Gasteiger partial charge >= 0.3 is 0 Å². The molecule has 0 aromatic rings. The van der Waals surface area contributed by atoms with Crippen molar-refractivity contribution in [3.8, 4) is 0 Å². The minimum absolute atomic E-state index is 0.807. The molecule has 5 heteroatoms. The van der Waals surface area contributed by atoms with Crippen LogP contribution < -0.4 is 0 Å². The maximum absolute atomic E-state index is 4.58. The Balaban J connectivity index is 5.41. The standard InChI is InChI=1S/C10H23N4P/c1-8-10-14(7)15(11-9-2,12(3)4)13(5)6/h8-9H,1-2,10H2,3-7H3. The molecule has 0 bridgehead atoms. The monoisotopic (exact) mass is 230 g/mol. The molecule has 0 N–H and O–H groups in total. The van der Waals surface area contributed by atoms with Gasteiger partial charge in [0.05, 0.1) is 0 Å². The molecule has 0 saturated heterocycles. The molecule has 0 aliphatic heterocycles. The highest BCUT2D eigenvalue weighted by Gasteiger charge is 2.29. The molecule has 0 saturated carbocycles. The number of likely N-dealkylation sites (N-methyl/N-ethyl adjacent to an activating group) is 1. The van der Waals surface area contributed by atoms with Crippen molar-refractivity contribution in [2.24, 2.45) is 4.74 Å². The average Bonchev–Trinajstić information content (AvgIpc) is 2.13. The highest BCUT2D eigenvalue weighted by Crippen LogP contribution is 2.55. The summed E-state index contributed by atoms with van der Waals surface area (Å²) in [6.45, 7) is 8.28. The summed E-state index contributed by atoms with van der Waals surface area (Å²) in [5.41, 5.74) is 0. The van der Waals surface area contributed by atoms with Gasteiger partial charge in [0.15, 0.2) is 7.51 Å². The zero-order valence-corrected chi connectivity index (χ0v) is 11.4. The highest BCUT2D eigenvalue weighted by atomic mass is 31.2. The smallest absolute Gasteiger partial charge is 0.171 e. The van der Waals surface area contributed by atoms with E-state index >= 15 is 0 Å². The van der Waals surface area contributed by atoms with Gasteiger partial charge in [-0.05, 0) is 35.2 Å². The third-order valence-corrected chi connectivity index (χ3v) is 5.86. The summed E-state index contributed by atoms with van der Waals surface area (Å²) in [6, 6.07) is 0. The molecule has 0 atom stereocenters. The lowest BCUT2D eigenvalue weighted by Crippen LogP contribution is -2.32. The van der Waals surface area contributed by atoms with Crippen LogP contribution in [0.2, 0.25) is 0 Å². The molecular weight excluding hydrogens is 207 g/mol. The summed E-state index contributed by atoms with van der Waals surface area (Å²) in [5, 5.41) is 0. The van der Waals surface area contributed by atoms with E-state index in [0.717, 1.165) is 6.54 Å². The Labute approximate surface area is 94.1 Å². The van der Waals surface area contributed by atoms with E-state index in [1.807, 2.05) is 34.3 Å². The molecule has 88 valence electrons. The van der Waals surface area contributed by atoms with Crippen molar-refractivity contribution >= 4 is 7.51 Å². The van der Waals surface area contributed by atoms with Gasteiger partial charge in [-0.1, -0.05) is 12.7 Å². The van der Waals surface area contributed by atoms with Gasteiger partial charge in [-0.15, -0.1) is 6.58 Å². The van der Waals surface area contributed by atoms with Gasteiger partial charge in [-0.2, -0.15) is 0 Å². The van der Waals surface area contributed by atoms with E-state index in [0.29, 0.717) is 0 Å². The van der Waals surface area contributed by atoms with Crippen LogP contribution in [0, 0.1) is 0 Å². The third kappa shape index (κ3) is 3.02. The normalized spacial score (nSPS) is 12.3. The Morgan fingerprint density at radius 2 is 1.53 bits per heavy atom. The molecular formula is C10H23N4P. The minimum atomic E-state index is -1.81. The molecule has 0 spiro atoms. The quantitative estimate of drug-likeness (QED) is 0.516. The lowest BCUT2D eigenvalue weighted by molar-refractivity contribution is 0.455. The molecule has 0 heterocycles. The lowest BCUT2D eigenvalue weighted by atomic mass is 10.6. The Morgan fingerprint density at radius 3 is 1.80 bits per heavy atom. The SMILES string of the molecule is C=CCN(C)P(=NC=C)(N(C)C)N(C)C. The summed E-state index contributed by atoms with van der Waals surface area (Å²) in [7, 11) is 8.41. The predicted molar refractivity (Wildman–Crippen MR) is 69.7 cm³/mol. The molecule has 0 fully saturated rings. The third-order valence-electron chi connectivity index (χ3n) is 2.16. The van der Waals surface area contributed by atoms with Crippen LogP contribution in [-0.2, 0) is 0 Å². The number of hydrogen-bond donors (Lipinski definition) is 0. The van der Waals surface area contributed by atoms with E-state index in [2.05, 4.69) is 39.0 Å². The highest BCUT2D eigenvalue weighted by molar-refractivity contribution is 7.59. The zero-order chi connectivity index (χ0) is 12.1. The van der Waals surface area contributed by atoms with Crippen LogP contribution in [0.25, 0.3) is 0 Å². The fourth-order valence-corrected chi connectivity index (χ4v) is 4.75. The Morgan fingerprint density at radius 1 is 1.07 bits per heavy atom. The molecule has 0 aromatic carbocycles. The lowest BCUT2D eigenvalue weighted by Gasteiger charge is -2.41. The molecule has 0 amide bonds. The summed E-state index contributed by atoms with van der Waals surface area (Å²) in [4.78, 5) is 0. The molecule has 0 rings (SSSR count). The second-order valence-electron chi connectivity index (χ2n) is 3.66. The van der Waals surface area contributed by atoms with Crippen LogP contribution >= 0.6 is 7.51 Å².